The van der Waals surface area contributed by atoms with Crippen LogP contribution < -0.4 is 14.8 Å². The smallest absolute Gasteiger partial charge is 0.179 e. The molecule has 1 atom stereocenters. The Balaban J connectivity index is 1.88. The van der Waals surface area contributed by atoms with Crippen LogP contribution in [0.15, 0.2) is 12.1 Å². The lowest BCUT2D eigenvalue weighted by Crippen LogP contribution is -2.26. The van der Waals surface area contributed by atoms with E-state index in [1.54, 1.807) is 0 Å². The van der Waals surface area contributed by atoms with Gasteiger partial charge in [0, 0.05) is 12.5 Å². The zero-order valence-corrected chi connectivity index (χ0v) is 11.4. The van der Waals surface area contributed by atoms with E-state index in [0.717, 1.165) is 12.0 Å². The fourth-order valence-corrected chi connectivity index (χ4v) is 2.51. The van der Waals surface area contributed by atoms with Crippen LogP contribution in [0.5, 0.6) is 11.5 Å². The largest absolute Gasteiger partial charge is 0.489 e. The van der Waals surface area contributed by atoms with Crippen molar-refractivity contribution in [2.75, 3.05) is 19.8 Å². The first-order valence-electron chi connectivity index (χ1n) is 6.74. The summed E-state index contributed by atoms with van der Waals surface area (Å²) in [6.45, 7) is 1.30. The summed E-state index contributed by atoms with van der Waals surface area (Å²) in [5.74, 6) is 1.29. The zero-order valence-electron chi connectivity index (χ0n) is 10.7. The number of ether oxygens (including phenoxy) is 2. The second-order valence-electron chi connectivity index (χ2n) is 5.06. The van der Waals surface area contributed by atoms with E-state index in [4.69, 9.17) is 21.1 Å². The Bertz CT molecular complexity index is 462. The summed E-state index contributed by atoms with van der Waals surface area (Å²) >= 11 is 6.26. The average molecular weight is 284 g/mol. The van der Waals surface area contributed by atoms with Crippen molar-refractivity contribution in [1.29, 1.82) is 0 Å². The van der Waals surface area contributed by atoms with Crippen molar-refractivity contribution in [2.45, 2.75) is 31.3 Å². The molecule has 1 aliphatic carbocycles. The predicted molar refractivity (Wildman–Crippen MR) is 73.0 cm³/mol. The molecule has 0 spiro atoms. The van der Waals surface area contributed by atoms with Crippen LogP contribution in [-0.4, -0.2) is 31.0 Å². The molecule has 1 fully saturated rings. The molecule has 0 bridgehead atoms. The summed E-state index contributed by atoms with van der Waals surface area (Å²) in [5.41, 5.74) is 0.948. The Morgan fingerprint density at radius 3 is 2.84 bits per heavy atom. The maximum absolute atomic E-state index is 9.53. The molecule has 3 rings (SSSR count). The van der Waals surface area contributed by atoms with Crippen molar-refractivity contribution in [3.05, 3.63) is 22.7 Å². The van der Waals surface area contributed by atoms with Gasteiger partial charge < -0.3 is 19.9 Å². The van der Waals surface area contributed by atoms with E-state index in [9.17, 15) is 5.11 Å². The van der Waals surface area contributed by atoms with Crippen LogP contribution in [0.2, 0.25) is 5.02 Å². The molecule has 0 radical (unpaired) electrons. The van der Waals surface area contributed by atoms with Gasteiger partial charge in [-0.15, -0.1) is 0 Å². The topological polar surface area (TPSA) is 50.7 Å². The molecule has 5 heteroatoms. The standard InChI is InChI=1S/C14H18ClNO3/c15-11-6-9(12(8-17)16-10-2-3-10)7-13-14(11)19-5-1-4-18-13/h6-7,10,12,16-17H,1-5,8H2. The molecular weight excluding hydrogens is 266 g/mol. The van der Waals surface area contributed by atoms with E-state index in [0.29, 0.717) is 35.8 Å². The summed E-state index contributed by atoms with van der Waals surface area (Å²) in [6, 6.07) is 4.20. The number of nitrogens with one attached hydrogen (secondary N) is 1. The van der Waals surface area contributed by atoms with Gasteiger partial charge in [0.05, 0.1) is 30.9 Å². The number of aliphatic hydroxyl groups is 1. The van der Waals surface area contributed by atoms with Gasteiger partial charge in [-0.1, -0.05) is 11.6 Å². The number of hydrogen-bond donors (Lipinski definition) is 2. The van der Waals surface area contributed by atoms with Gasteiger partial charge in [0.1, 0.15) is 0 Å². The molecule has 1 aliphatic heterocycles. The molecule has 1 saturated carbocycles. The van der Waals surface area contributed by atoms with Gasteiger partial charge in [-0.25, -0.2) is 0 Å². The maximum Gasteiger partial charge on any atom is 0.179 e. The van der Waals surface area contributed by atoms with Crippen molar-refractivity contribution >= 4 is 11.6 Å². The molecule has 19 heavy (non-hydrogen) atoms. The monoisotopic (exact) mass is 283 g/mol. The fraction of sp³-hybridized carbons (Fsp3) is 0.571. The highest BCUT2D eigenvalue weighted by atomic mass is 35.5. The minimum atomic E-state index is -0.0952. The van der Waals surface area contributed by atoms with Crippen LogP contribution >= 0.6 is 11.6 Å². The number of fused-ring (bicyclic) bond motifs is 1. The molecule has 1 aromatic carbocycles. The van der Waals surface area contributed by atoms with Crippen molar-refractivity contribution in [1.82, 2.24) is 5.32 Å². The van der Waals surface area contributed by atoms with Crippen LogP contribution in [-0.2, 0) is 0 Å². The number of hydrogen-bond acceptors (Lipinski definition) is 4. The lowest BCUT2D eigenvalue weighted by molar-refractivity contribution is 0.243. The molecule has 1 unspecified atom stereocenters. The maximum atomic E-state index is 9.53. The van der Waals surface area contributed by atoms with E-state index in [1.807, 2.05) is 12.1 Å². The van der Waals surface area contributed by atoms with E-state index < -0.39 is 0 Å². The van der Waals surface area contributed by atoms with Gasteiger partial charge in [-0.05, 0) is 30.5 Å². The van der Waals surface area contributed by atoms with Crippen LogP contribution in [0, 0.1) is 0 Å². The first kappa shape index (κ1) is 13.0. The summed E-state index contributed by atoms with van der Waals surface area (Å²) in [6.07, 6.45) is 3.20. The highest BCUT2D eigenvalue weighted by Crippen LogP contribution is 2.39. The van der Waals surface area contributed by atoms with Crippen molar-refractivity contribution < 1.29 is 14.6 Å². The van der Waals surface area contributed by atoms with E-state index in [-0.39, 0.29) is 12.6 Å². The predicted octanol–water partition coefficient (Wildman–Crippen LogP) is 2.29. The Hall–Kier alpha value is -0.970. The SMILES string of the molecule is OCC(NC1CC1)c1cc(Cl)c2c(c1)OCCCO2. The van der Waals surface area contributed by atoms with E-state index >= 15 is 0 Å². The Morgan fingerprint density at radius 1 is 1.32 bits per heavy atom. The minimum absolute atomic E-state index is 0.0481. The van der Waals surface area contributed by atoms with Crippen molar-refractivity contribution in [3.63, 3.8) is 0 Å². The summed E-state index contributed by atoms with van der Waals surface area (Å²) in [4.78, 5) is 0. The van der Waals surface area contributed by atoms with Gasteiger partial charge in [0.25, 0.3) is 0 Å². The van der Waals surface area contributed by atoms with Crippen molar-refractivity contribution in [3.8, 4) is 11.5 Å². The first-order chi connectivity index (χ1) is 9.28. The van der Waals surface area contributed by atoms with Gasteiger partial charge in [-0.3, -0.25) is 0 Å². The highest BCUT2D eigenvalue weighted by Gasteiger charge is 2.26. The zero-order chi connectivity index (χ0) is 13.2. The molecule has 2 N–H and O–H groups in total. The summed E-state index contributed by atoms with van der Waals surface area (Å²) in [7, 11) is 0. The third kappa shape index (κ3) is 2.96. The Labute approximate surface area is 117 Å². The molecule has 1 heterocycles. The second-order valence-corrected chi connectivity index (χ2v) is 5.46. The molecule has 0 amide bonds. The van der Waals surface area contributed by atoms with Gasteiger partial charge >= 0.3 is 0 Å². The molecule has 4 nitrogen and oxygen atoms in total. The Kier molecular flexibility index (Phi) is 3.82. The van der Waals surface area contributed by atoms with Gasteiger partial charge in [0.2, 0.25) is 0 Å². The highest BCUT2D eigenvalue weighted by molar-refractivity contribution is 6.32. The second kappa shape index (κ2) is 5.57. The molecule has 0 aromatic heterocycles. The minimum Gasteiger partial charge on any atom is -0.489 e. The van der Waals surface area contributed by atoms with Crippen LogP contribution in [0.4, 0.5) is 0 Å². The molecular formula is C14H18ClNO3. The van der Waals surface area contributed by atoms with Crippen LogP contribution in [0.1, 0.15) is 30.9 Å². The molecule has 1 aromatic rings. The third-order valence-electron chi connectivity index (χ3n) is 3.42. The molecule has 104 valence electrons. The number of aliphatic hydroxyl groups excluding tert-OH is 1. The third-order valence-corrected chi connectivity index (χ3v) is 3.70. The molecule has 2 aliphatic rings. The Morgan fingerprint density at radius 2 is 2.11 bits per heavy atom. The summed E-state index contributed by atoms with van der Waals surface area (Å²) < 4.78 is 11.3. The number of rotatable bonds is 4. The van der Waals surface area contributed by atoms with Gasteiger partial charge in [-0.2, -0.15) is 0 Å². The lowest BCUT2D eigenvalue weighted by Gasteiger charge is -2.19. The normalized spacial score (nSPS) is 19.9. The average Bonchev–Trinajstić information content (AvgIpc) is 3.22. The van der Waals surface area contributed by atoms with Crippen LogP contribution in [0.25, 0.3) is 0 Å². The van der Waals surface area contributed by atoms with Crippen molar-refractivity contribution in [2.24, 2.45) is 0 Å². The lowest BCUT2D eigenvalue weighted by atomic mass is 10.1. The van der Waals surface area contributed by atoms with Gasteiger partial charge in [0.15, 0.2) is 11.5 Å². The summed E-state index contributed by atoms with van der Waals surface area (Å²) in [5, 5.41) is 13.5. The quantitative estimate of drug-likeness (QED) is 0.890. The van der Waals surface area contributed by atoms with E-state index in [1.165, 1.54) is 12.8 Å². The van der Waals surface area contributed by atoms with Crippen LogP contribution in [0.3, 0.4) is 0 Å². The first-order valence-corrected chi connectivity index (χ1v) is 7.11. The number of halogens is 1. The number of benzene rings is 1. The van der Waals surface area contributed by atoms with E-state index in [2.05, 4.69) is 5.32 Å². The fourth-order valence-electron chi connectivity index (χ4n) is 2.24. The molecule has 0 saturated heterocycles.